The third kappa shape index (κ3) is 3.87. The van der Waals surface area contributed by atoms with Crippen LogP contribution < -0.4 is 19.5 Å². The van der Waals surface area contributed by atoms with Crippen LogP contribution in [-0.2, 0) is 17.8 Å². The van der Waals surface area contributed by atoms with E-state index in [2.05, 4.69) is 10.5 Å². The van der Waals surface area contributed by atoms with Gasteiger partial charge in [-0.05, 0) is 29.8 Å². The van der Waals surface area contributed by atoms with Gasteiger partial charge in [0, 0.05) is 18.2 Å². The highest BCUT2D eigenvalue weighted by Gasteiger charge is 2.14. The monoisotopic (exact) mass is 366 g/mol. The molecule has 1 aliphatic rings. The molecule has 2 heterocycles. The van der Waals surface area contributed by atoms with Gasteiger partial charge in [0.15, 0.2) is 17.3 Å². The quantitative estimate of drug-likeness (QED) is 0.722. The zero-order valence-corrected chi connectivity index (χ0v) is 14.7. The summed E-state index contributed by atoms with van der Waals surface area (Å²) in [7, 11) is 1.61. The fourth-order valence-corrected chi connectivity index (χ4v) is 2.79. The Morgan fingerprint density at radius 2 is 2.04 bits per heavy atom. The first-order valence-electron chi connectivity index (χ1n) is 8.46. The van der Waals surface area contributed by atoms with E-state index in [1.54, 1.807) is 13.2 Å². The van der Waals surface area contributed by atoms with Gasteiger partial charge in [0.25, 0.3) is 0 Å². The lowest BCUT2D eigenvalue weighted by atomic mass is 10.1. The second kappa shape index (κ2) is 7.41. The van der Waals surface area contributed by atoms with Gasteiger partial charge in [-0.25, -0.2) is 0 Å². The first kappa shape index (κ1) is 17.0. The molecule has 1 amide bonds. The molecule has 0 aliphatic carbocycles. The molecule has 0 fully saturated rings. The number of carbonyl (C=O) groups is 1. The molecular weight excluding hydrogens is 348 g/mol. The molecule has 0 saturated carbocycles. The average Bonchev–Trinajstić information content (AvgIpc) is 3.35. The van der Waals surface area contributed by atoms with Crippen LogP contribution in [0.2, 0.25) is 0 Å². The van der Waals surface area contributed by atoms with E-state index >= 15 is 0 Å². The van der Waals surface area contributed by atoms with Crippen molar-refractivity contribution in [3.05, 3.63) is 59.8 Å². The van der Waals surface area contributed by atoms with Crippen LogP contribution in [-0.4, -0.2) is 25.0 Å². The number of rotatable bonds is 6. The fraction of sp³-hybridized carbons (Fsp3) is 0.200. The van der Waals surface area contributed by atoms with E-state index in [0.29, 0.717) is 23.7 Å². The molecule has 138 valence electrons. The van der Waals surface area contributed by atoms with Crippen molar-refractivity contribution in [1.29, 1.82) is 0 Å². The predicted octanol–water partition coefficient (Wildman–Crippen LogP) is 2.94. The summed E-state index contributed by atoms with van der Waals surface area (Å²) in [5.41, 5.74) is 2.34. The molecule has 4 rings (SSSR count). The van der Waals surface area contributed by atoms with Gasteiger partial charge < -0.3 is 24.1 Å². The van der Waals surface area contributed by atoms with E-state index in [4.69, 9.17) is 18.7 Å². The Balaban J connectivity index is 1.35. The van der Waals surface area contributed by atoms with Crippen LogP contribution >= 0.6 is 0 Å². The van der Waals surface area contributed by atoms with Crippen LogP contribution in [0, 0.1) is 0 Å². The summed E-state index contributed by atoms with van der Waals surface area (Å²) in [4.78, 5) is 12.2. The maximum atomic E-state index is 12.2. The van der Waals surface area contributed by atoms with Crippen molar-refractivity contribution in [3.8, 4) is 28.6 Å². The van der Waals surface area contributed by atoms with Gasteiger partial charge in [-0.3, -0.25) is 4.79 Å². The molecule has 7 heteroatoms. The molecule has 0 unspecified atom stereocenters. The van der Waals surface area contributed by atoms with Gasteiger partial charge in [-0.15, -0.1) is 0 Å². The second-order valence-corrected chi connectivity index (χ2v) is 6.06. The highest BCUT2D eigenvalue weighted by Crippen LogP contribution is 2.32. The minimum atomic E-state index is -0.141. The van der Waals surface area contributed by atoms with Crippen molar-refractivity contribution in [1.82, 2.24) is 10.5 Å². The summed E-state index contributed by atoms with van der Waals surface area (Å²) in [5, 5.41) is 6.85. The van der Waals surface area contributed by atoms with Crippen LogP contribution in [0.25, 0.3) is 11.3 Å². The van der Waals surface area contributed by atoms with Gasteiger partial charge in [0.05, 0.1) is 19.2 Å². The molecule has 1 aliphatic heterocycles. The number of fused-ring (bicyclic) bond motifs is 1. The zero-order chi connectivity index (χ0) is 18.6. The van der Waals surface area contributed by atoms with E-state index in [9.17, 15) is 4.79 Å². The molecule has 0 saturated heterocycles. The highest BCUT2D eigenvalue weighted by molar-refractivity contribution is 5.78. The molecule has 0 radical (unpaired) electrons. The minimum absolute atomic E-state index is 0.137. The predicted molar refractivity (Wildman–Crippen MR) is 96.6 cm³/mol. The summed E-state index contributed by atoms with van der Waals surface area (Å²) >= 11 is 0. The maximum Gasteiger partial charge on any atom is 0.231 e. The Morgan fingerprint density at radius 1 is 1.15 bits per heavy atom. The lowest BCUT2D eigenvalue weighted by molar-refractivity contribution is -0.120. The van der Waals surface area contributed by atoms with Crippen LogP contribution in [0.5, 0.6) is 17.2 Å². The molecule has 7 nitrogen and oxygen atoms in total. The molecule has 3 aromatic rings. The molecule has 0 spiro atoms. The number of hydrogen-bond acceptors (Lipinski definition) is 6. The first-order valence-corrected chi connectivity index (χ1v) is 8.46. The third-order valence-electron chi connectivity index (χ3n) is 4.18. The van der Waals surface area contributed by atoms with Crippen molar-refractivity contribution in [2.45, 2.75) is 13.0 Å². The summed E-state index contributed by atoms with van der Waals surface area (Å²) < 4.78 is 21.2. The molecule has 0 bridgehead atoms. The van der Waals surface area contributed by atoms with E-state index in [1.807, 2.05) is 42.5 Å². The standard InChI is InChI=1S/C20H18N2O5/c1-24-16-4-2-3-14(8-16)18-9-15(22-27-18)10-20(23)21-11-13-5-6-17-19(7-13)26-12-25-17/h2-9H,10-12H2,1H3,(H,21,23). The van der Waals surface area contributed by atoms with Crippen molar-refractivity contribution < 1.29 is 23.5 Å². The Hall–Kier alpha value is -3.48. The van der Waals surface area contributed by atoms with Crippen LogP contribution in [0.15, 0.2) is 53.1 Å². The Bertz CT molecular complexity index is 967. The van der Waals surface area contributed by atoms with Gasteiger partial charge in [0.2, 0.25) is 12.7 Å². The van der Waals surface area contributed by atoms with Crippen molar-refractivity contribution in [3.63, 3.8) is 0 Å². The SMILES string of the molecule is COc1cccc(-c2cc(CC(=O)NCc3ccc4c(c3)OCO4)no2)c1. The Kier molecular flexibility index (Phi) is 4.65. The number of carbonyl (C=O) groups excluding carboxylic acids is 1. The molecule has 27 heavy (non-hydrogen) atoms. The van der Waals surface area contributed by atoms with Gasteiger partial charge in [0.1, 0.15) is 5.75 Å². The Morgan fingerprint density at radius 3 is 2.93 bits per heavy atom. The van der Waals surface area contributed by atoms with E-state index < -0.39 is 0 Å². The van der Waals surface area contributed by atoms with Crippen LogP contribution in [0.1, 0.15) is 11.3 Å². The van der Waals surface area contributed by atoms with E-state index in [-0.39, 0.29) is 19.1 Å². The number of ether oxygens (including phenoxy) is 3. The number of nitrogens with zero attached hydrogens (tertiary/aromatic N) is 1. The number of benzene rings is 2. The first-order chi connectivity index (χ1) is 13.2. The summed E-state index contributed by atoms with van der Waals surface area (Å²) in [6, 6.07) is 14.8. The lowest BCUT2D eigenvalue weighted by Gasteiger charge is -2.05. The highest BCUT2D eigenvalue weighted by atomic mass is 16.7. The Labute approximate surface area is 155 Å². The number of aromatic nitrogens is 1. The number of amides is 1. The largest absolute Gasteiger partial charge is 0.497 e. The maximum absolute atomic E-state index is 12.2. The van der Waals surface area contributed by atoms with Gasteiger partial charge in [-0.2, -0.15) is 0 Å². The molecular formula is C20H18N2O5. The van der Waals surface area contributed by atoms with Crippen molar-refractivity contribution >= 4 is 5.91 Å². The summed E-state index contributed by atoms with van der Waals surface area (Å²) in [5.74, 6) is 2.59. The van der Waals surface area contributed by atoms with Crippen LogP contribution in [0.4, 0.5) is 0 Å². The lowest BCUT2D eigenvalue weighted by Crippen LogP contribution is -2.24. The number of methoxy groups -OCH3 is 1. The smallest absolute Gasteiger partial charge is 0.231 e. The van der Waals surface area contributed by atoms with E-state index in [0.717, 1.165) is 22.6 Å². The van der Waals surface area contributed by atoms with Crippen molar-refractivity contribution in [2.75, 3.05) is 13.9 Å². The topological polar surface area (TPSA) is 82.8 Å². The number of nitrogens with one attached hydrogen (secondary N) is 1. The van der Waals surface area contributed by atoms with Crippen LogP contribution in [0.3, 0.4) is 0 Å². The molecule has 1 N–H and O–H groups in total. The minimum Gasteiger partial charge on any atom is -0.497 e. The molecule has 1 aromatic heterocycles. The zero-order valence-electron chi connectivity index (χ0n) is 14.7. The van der Waals surface area contributed by atoms with Gasteiger partial charge >= 0.3 is 0 Å². The average molecular weight is 366 g/mol. The number of hydrogen-bond donors (Lipinski definition) is 1. The third-order valence-corrected chi connectivity index (χ3v) is 4.18. The summed E-state index contributed by atoms with van der Waals surface area (Å²) in [6.45, 7) is 0.628. The second-order valence-electron chi connectivity index (χ2n) is 6.06. The van der Waals surface area contributed by atoms with Gasteiger partial charge in [-0.1, -0.05) is 23.4 Å². The molecule has 0 atom stereocenters. The normalized spacial score (nSPS) is 12.0. The summed E-state index contributed by atoms with van der Waals surface area (Å²) in [6.07, 6.45) is 0.137. The van der Waals surface area contributed by atoms with E-state index in [1.165, 1.54) is 0 Å². The fourth-order valence-electron chi connectivity index (χ4n) is 2.79. The molecule has 2 aromatic carbocycles. The van der Waals surface area contributed by atoms with Crippen molar-refractivity contribution in [2.24, 2.45) is 0 Å².